The van der Waals surface area contributed by atoms with Crippen molar-refractivity contribution < 1.29 is 32.5 Å². The molecule has 3 rings (SSSR count). The van der Waals surface area contributed by atoms with Gasteiger partial charge in [0, 0.05) is 0 Å². The van der Waals surface area contributed by atoms with E-state index in [1.54, 1.807) is 11.4 Å². The number of thiocarbonyl (C=S) groups is 1. The van der Waals surface area contributed by atoms with Crippen molar-refractivity contribution in [3.8, 4) is 11.5 Å². The molecule has 11 heteroatoms. The predicted octanol–water partition coefficient (Wildman–Crippen LogP) is 3.03. The summed E-state index contributed by atoms with van der Waals surface area (Å²) in [6.07, 6.45) is -5.18. The summed E-state index contributed by atoms with van der Waals surface area (Å²) in [7, 11) is 2.80. The highest BCUT2D eigenvalue weighted by Gasteiger charge is 2.65. The van der Waals surface area contributed by atoms with E-state index in [4.69, 9.17) is 21.7 Å². The van der Waals surface area contributed by atoms with Gasteiger partial charge in [0.25, 0.3) is 0 Å². The van der Waals surface area contributed by atoms with E-state index in [9.17, 15) is 23.1 Å². The summed E-state index contributed by atoms with van der Waals surface area (Å²) in [6.45, 7) is 0. The van der Waals surface area contributed by atoms with E-state index in [2.05, 4.69) is 5.32 Å². The molecule has 156 valence electrons. The van der Waals surface area contributed by atoms with Gasteiger partial charge in [0.05, 0.1) is 25.1 Å². The highest BCUT2D eigenvalue weighted by molar-refractivity contribution is 7.80. The van der Waals surface area contributed by atoms with Crippen LogP contribution in [0.15, 0.2) is 35.7 Å². The summed E-state index contributed by atoms with van der Waals surface area (Å²) in [5.41, 5.74) is -3.29. The van der Waals surface area contributed by atoms with Crippen molar-refractivity contribution in [1.82, 2.24) is 10.6 Å². The van der Waals surface area contributed by atoms with Crippen LogP contribution in [-0.2, 0) is 0 Å². The molecule has 0 aliphatic carbocycles. The third-order valence-electron chi connectivity index (χ3n) is 4.62. The molecule has 1 saturated heterocycles. The van der Waals surface area contributed by atoms with Crippen LogP contribution in [0.25, 0.3) is 0 Å². The number of rotatable bonds is 5. The highest BCUT2D eigenvalue weighted by atomic mass is 32.1. The average Bonchev–Trinajstić information content (AvgIpc) is 3.20. The summed E-state index contributed by atoms with van der Waals surface area (Å²) in [6, 6.07) is 6.10. The van der Waals surface area contributed by atoms with E-state index < -0.39 is 34.8 Å². The first-order valence-electron chi connectivity index (χ1n) is 8.29. The Labute approximate surface area is 173 Å². The number of carbonyl (C=O) groups excluding carboxylic acids is 1. The lowest BCUT2D eigenvalue weighted by atomic mass is 9.78. The molecule has 29 heavy (non-hydrogen) atoms. The normalized spacial score (nSPS) is 24.4. The van der Waals surface area contributed by atoms with Crippen molar-refractivity contribution in [1.29, 1.82) is 0 Å². The lowest BCUT2D eigenvalue weighted by Crippen LogP contribution is -2.72. The van der Waals surface area contributed by atoms with Crippen molar-refractivity contribution >= 4 is 34.5 Å². The molecule has 0 unspecified atom stereocenters. The first-order valence-corrected chi connectivity index (χ1v) is 9.58. The molecule has 0 amide bonds. The molecule has 3 N–H and O–H groups in total. The largest absolute Gasteiger partial charge is 0.493 e. The van der Waals surface area contributed by atoms with Gasteiger partial charge in [-0.1, -0.05) is 12.1 Å². The summed E-state index contributed by atoms with van der Waals surface area (Å²) in [4.78, 5) is 13.1. The van der Waals surface area contributed by atoms with Crippen LogP contribution in [0, 0.1) is 5.92 Å². The molecule has 6 nitrogen and oxygen atoms in total. The number of aliphatic hydroxyl groups is 1. The van der Waals surface area contributed by atoms with Crippen LogP contribution in [0.5, 0.6) is 11.5 Å². The highest BCUT2D eigenvalue weighted by Crippen LogP contribution is 2.45. The number of hydrogen-bond acceptors (Lipinski definition) is 6. The van der Waals surface area contributed by atoms with Crippen LogP contribution in [0.4, 0.5) is 13.2 Å². The van der Waals surface area contributed by atoms with Gasteiger partial charge in [-0.2, -0.15) is 13.2 Å². The Balaban J connectivity index is 2.17. The minimum Gasteiger partial charge on any atom is -0.493 e. The van der Waals surface area contributed by atoms with Crippen LogP contribution in [0.1, 0.15) is 21.3 Å². The van der Waals surface area contributed by atoms with Crippen LogP contribution >= 0.6 is 23.6 Å². The van der Waals surface area contributed by atoms with Gasteiger partial charge in [0.1, 0.15) is 5.92 Å². The number of carbonyl (C=O) groups is 1. The van der Waals surface area contributed by atoms with Gasteiger partial charge in [0.2, 0.25) is 5.72 Å². The topological polar surface area (TPSA) is 79.8 Å². The quantitative estimate of drug-likeness (QED) is 0.481. The molecule has 3 atom stereocenters. The standard InChI is InChI=1S/C18H17F3N2O4S2/c1-26-10-6-5-9(8-11(10)27-2)14-13(15(24)12-4-3-7-29-12)17(25,18(19,20)21)23-16(28)22-14/h3-8,13-14,25H,1-2H3,(H2,22,23,28)/t13-,14+,17-/m1/s1. The number of alkyl halides is 3. The Morgan fingerprint density at radius 2 is 1.93 bits per heavy atom. The molecular weight excluding hydrogens is 429 g/mol. The van der Waals surface area contributed by atoms with Gasteiger partial charge in [-0.15, -0.1) is 11.3 Å². The van der Waals surface area contributed by atoms with Gasteiger partial charge in [-0.25, -0.2) is 0 Å². The lowest BCUT2D eigenvalue weighted by Gasteiger charge is -2.46. The molecule has 2 heterocycles. The second-order valence-electron chi connectivity index (χ2n) is 6.27. The van der Waals surface area contributed by atoms with Gasteiger partial charge >= 0.3 is 6.18 Å². The molecule has 1 aromatic carbocycles. The summed E-state index contributed by atoms with van der Waals surface area (Å²) < 4.78 is 52.1. The first-order chi connectivity index (χ1) is 13.6. The lowest BCUT2D eigenvalue weighted by molar-refractivity contribution is -0.285. The van der Waals surface area contributed by atoms with Gasteiger partial charge in [-0.3, -0.25) is 4.79 Å². The zero-order chi connectivity index (χ0) is 21.4. The maximum atomic E-state index is 13.9. The minimum absolute atomic E-state index is 0.0829. The number of thiophene rings is 1. The summed E-state index contributed by atoms with van der Waals surface area (Å²) in [5, 5.41) is 16.3. The Hall–Kier alpha value is -2.37. The maximum Gasteiger partial charge on any atom is 0.437 e. The molecule has 0 radical (unpaired) electrons. The molecule has 1 aliphatic rings. The summed E-state index contributed by atoms with van der Waals surface area (Å²) in [5.74, 6) is -2.21. The molecule has 0 saturated carbocycles. The Morgan fingerprint density at radius 1 is 1.24 bits per heavy atom. The number of hydrogen-bond donors (Lipinski definition) is 3. The maximum absolute atomic E-state index is 13.9. The number of nitrogens with one attached hydrogen (secondary N) is 2. The number of methoxy groups -OCH3 is 2. The van der Waals surface area contributed by atoms with E-state index in [1.165, 1.54) is 38.5 Å². The first kappa shape index (κ1) is 21.3. The average molecular weight is 446 g/mol. The Bertz CT molecular complexity index is 920. The van der Waals surface area contributed by atoms with Crippen molar-refractivity contribution in [2.24, 2.45) is 5.92 Å². The molecule has 1 aliphatic heterocycles. The number of Topliss-reactive ketones (excluding diaryl/α,β-unsaturated/α-hetero) is 1. The van der Waals surface area contributed by atoms with E-state index >= 15 is 0 Å². The third kappa shape index (κ3) is 3.77. The fourth-order valence-electron chi connectivity index (χ4n) is 3.24. The van der Waals surface area contributed by atoms with E-state index in [0.29, 0.717) is 5.75 Å². The molecule has 0 bridgehead atoms. The van der Waals surface area contributed by atoms with E-state index in [0.717, 1.165) is 11.3 Å². The van der Waals surface area contributed by atoms with Gasteiger partial charge < -0.3 is 25.2 Å². The second kappa shape index (κ2) is 7.81. The number of benzene rings is 1. The third-order valence-corrected chi connectivity index (χ3v) is 5.72. The molecule has 0 spiro atoms. The number of halogens is 3. The van der Waals surface area contributed by atoms with Gasteiger partial charge in [0.15, 0.2) is 22.4 Å². The Morgan fingerprint density at radius 3 is 2.48 bits per heavy atom. The van der Waals surface area contributed by atoms with E-state index in [1.807, 2.05) is 5.32 Å². The van der Waals surface area contributed by atoms with Crippen LogP contribution in [0.3, 0.4) is 0 Å². The SMILES string of the molecule is COc1ccc([C@@H]2NC(=S)N[C@](O)(C(F)(F)F)[C@H]2C(=O)c2cccs2)cc1OC. The van der Waals surface area contributed by atoms with Crippen LogP contribution < -0.4 is 20.1 Å². The fourth-order valence-corrected chi connectivity index (χ4v) is 4.22. The minimum atomic E-state index is -5.18. The van der Waals surface area contributed by atoms with Crippen LogP contribution in [-0.4, -0.2) is 42.1 Å². The fraction of sp³-hybridized carbons (Fsp3) is 0.333. The van der Waals surface area contributed by atoms with Crippen molar-refractivity contribution in [2.75, 3.05) is 14.2 Å². The zero-order valence-corrected chi connectivity index (χ0v) is 16.9. The number of ether oxygens (including phenoxy) is 2. The van der Waals surface area contributed by atoms with Crippen LogP contribution in [0.2, 0.25) is 0 Å². The van der Waals surface area contributed by atoms with Crippen molar-refractivity contribution in [3.05, 3.63) is 46.2 Å². The molecule has 2 aromatic rings. The molecule has 1 fully saturated rings. The van der Waals surface area contributed by atoms with Crippen molar-refractivity contribution in [2.45, 2.75) is 17.9 Å². The Kier molecular flexibility index (Phi) is 5.74. The zero-order valence-electron chi connectivity index (χ0n) is 15.2. The van der Waals surface area contributed by atoms with E-state index in [-0.39, 0.29) is 16.2 Å². The number of ketones is 1. The monoisotopic (exact) mass is 446 g/mol. The molecular formula is C18H17F3N2O4S2. The predicted molar refractivity (Wildman–Crippen MR) is 104 cm³/mol. The van der Waals surface area contributed by atoms with Crippen molar-refractivity contribution in [3.63, 3.8) is 0 Å². The van der Waals surface area contributed by atoms with Gasteiger partial charge in [-0.05, 0) is 41.4 Å². The smallest absolute Gasteiger partial charge is 0.437 e. The second-order valence-corrected chi connectivity index (χ2v) is 7.63. The summed E-state index contributed by atoms with van der Waals surface area (Å²) >= 11 is 5.89. The molecule has 1 aromatic heterocycles.